The van der Waals surface area contributed by atoms with Crippen molar-refractivity contribution in [1.29, 1.82) is 0 Å². The van der Waals surface area contributed by atoms with E-state index in [9.17, 15) is 4.79 Å². The summed E-state index contributed by atoms with van der Waals surface area (Å²) in [4.78, 5) is 11.7. The number of hydrogen-bond acceptors (Lipinski definition) is 4. The van der Waals surface area contributed by atoms with Crippen LogP contribution < -0.4 is 14.9 Å². The van der Waals surface area contributed by atoms with E-state index in [1.807, 2.05) is 48.5 Å². The molecule has 0 aromatic heterocycles. The summed E-state index contributed by atoms with van der Waals surface area (Å²) in [5, 5.41) is 3.84. The van der Waals surface area contributed by atoms with Crippen LogP contribution in [0.2, 0.25) is 0 Å². The Morgan fingerprint density at radius 3 is 2.42 bits per heavy atom. The quantitative estimate of drug-likeness (QED) is 0.398. The zero-order valence-corrected chi connectivity index (χ0v) is 14.9. The summed E-state index contributed by atoms with van der Waals surface area (Å²) in [5.74, 6) is 1.08. The van der Waals surface area contributed by atoms with Gasteiger partial charge in [0.15, 0.2) is 6.61 Å². The first-order valence-electron chi connectivity index (χ1n) is 8.67. The predicted octanol–water partition coefficient (Wildman–Crippen LogP) is 4.06. The molecule has 0 aliphatic carbocycles. The van der Waals surface area contributed by atoms with Gasteiger partial charge < -0.3 is 9.47 Å². The van der Waals surface area contributed by atoms with E-state index in [0.717, 1.165) is 24.2 Å². The van der Waals surface area contributed by atoms with Gasteiger partial charge in [-0.25, -0.2) is 5.43 Å². The number of carbonyl (C=O) groups is 1. The third-order valence-electron chi connectivity index (χ3n) is 3.40. The molecule has 0 fully saturated rings. The Morgan fingerprint density at radius 1 is 1.04 bits per heavy atom. The Morgan fingerprint density at radius 2 is 1.73 bits per heavy atom. The van der Waals surface area contributed by atoms with E-state index in [4.69, 9.17) is 9.47 Å². The number of amides is 1. The summed E-state index contributed by atoms with van der Waals surface area (Å²) in [7, 11) is 0. The highest BCUT2D eigenvalue weighted by Crippen LogP contribution is 2.17. The molecule has 2 aromatic carbocycles. The zero-order valence-electron chi connectivity index (χ0n) is 14.9. The number of nitrogens with zero attached hydrogens (tertiary/aromatic N) is 1. The van der Waals surface area contributed by atoms with Crippen molar-refractivity contribution in [1.82, 2.24) is 5.43 Å². The van der Waals surface area contributed by atoms with Crippen molar-refractivity contribution < 1.29 is 14.3 Å². The van der Waals surface area contributed by atoms with Gasteiger partial charge >= 0.3 is 0 Å². The van der Waals surface area contributed by atoms with E-state index in [1.54, 1.807) is 18.2 Å². The number of rotatable bonds is 10. The van der Waals surface area contributed by atoms with Gasteiger partial charge in [0.25, 0.3) is 5.91 Å². The van der Waals surface area contributed by atoms with Gasteiger partial charge in [0.2, 0.25) is 0 Å². The summed E-state index contributed by atoms with van der Waals surface area (Å²) in [6, 6.07) is 17.1. The third kappa shape index (κ3) is 7.66. The third-order valence-corrected chi connectivity index (χ3v) is 3.40. The fraction of sp³-hybridized carbons (Fsp3) is 0.238. The Labute approximate surface area is 154 Å². The first-order valence-corrected chi connectivity index (χ1v) is 8.67. The average molecular weight is 352 g/mol. The lowest BCUT2D eigenvalue weighted by Crippen LogP contribution is -2.24. The molecule has 5 heteroatoms. The van der Waals surface area contributed by atoms with Crippen LogP contribution in [0.15, 0.2) is 65.8 Å². The van der Waals surface area contributed by atoms with Crippen molar-refractivity contribution in [2.24, 2.45) is 5.10 Å². The molecule has 0 bridgehead atoms. The molecule has 0 radical (unpaired) electrons. The fourth-order valence-corrected chi connectivity index (χ4v) is 2.02. The highest BCUT2D eigenvalue weighted by Gasteiger charge is 2.01. The van der Waals surface area contributed by atoms with Gasteiger partial charge in [-0.1, -0.05) is 49.8 Å². The monoisotopic (exact) mass is 352 g/mol. The van der Waals surface area contributed by atoms with E-state index in [-0.39, 0.29) is 12.5 Å². The summed E-state index contributed by atoms with van der Waals surface area (Å²) in [6.45, 7) is 2.72. The number of allylic oxidation sites excluding steroid dienone is 1. The number of carbonyl (C=O) groups excluding carboxylic acids is 1. The van der Waals surface area contributed by atoms with Crippen LogP contribution in [0, 0.1) is 0 Å². The summed E-state index contributed by atoms with van der Waals surface area (Å²) >= 11 is 0. The van der Waals surface area contributed by atoms with Gasteiger partial charge in [-0.15, -0.1) is 0 Å². The number of hydrogen-bond donors (Lipinski definition) is 1. The maximum absolute atomic E-state index is 11.7. The standard InChI is InChI=1S/C21H24N2O3/c1-2-3-16-25-19-11-13-20(14-12-19)26-17-21(24)23-22-15-7-10-18-8-5-4-6-9-18/h4-15H,2-3,16-17H2,1H3,(H,23,24)/b10-7+,22-15-. The van der Waals surface area contributed by atoms with Crippen molar-refractivity contribution in [3.05, 3.63) is 66.2 Å². The van der Waals surface area contributed by atoms with Crippen molar-refractivity contribution in [3.63, 3.8) is 0 Å². The summed E-state index contributed by atoms with van der Waals surface area (Å²) < 4.78 is 11.0. The molecule has 0 aliphatic heterocycles. The first kappa shape index (κ1) is 19.2. The van der Waals surface area contributed by atoms with Gasteiger partial charge in [0.1, 0.15) is 11.5 Å². The minimum atomic E-state index is -0.322. The van der Waals surface area contributed by atoms with Crippen LogP contribution in [0.3, 0.4) is 0 Å². The van der Waals surface area contributed by atoms with Crippen LogP contribution >= 0.6 is 0 Å². The van der Waals surface area contributed by atoms with Crippen LogP contribution in [0.25, 0.3) is 6.08 Å². The van der Waals surface area contributed by atoms with E-state index >= 15 is 0 Å². The maximum atomic E-state index is 11.7. The second-order valence-electron chi connectivity index (χ2n) is 5.55. The molecule has 26 heavy (non-hydrogen) atoms. The number of hydrazone groups is 1. The summed E-state index contributed by atoms with van der Waals surface area (Å²) in [6.07, 6.45) is 7.30. The van der Waals surface area contributed by atoms with Crippen LogP contribution in [0.1, 0.15) is 25.3 Å². The number of ether oxygens (including phenoxy) is 2. The fourth-order valence-electron chi connectivity index (χ4n) is 2.02. The number of benzene rings is 2. The maximum Gasteiger partial charge on any atom is 0.277 e. The van der Waals surface area contributed by atoms with Crippen molar-refractivity contribution in [2.75, 3.05) is 13.2 Å². The molecule has 136 valence electrons. The number of unbranched alkanes of at least 4 members (excludes halogenated alkanes) is 1. The Bertz CT molecular complexity index is 710. The molecule has 1 amide bonds. The molecule has 5 nitrogen and oxygen atoms in total. The van der Waals surface area contributed by atoms with E-state index in [0.29, 0.717) is 12.4 Å². The predicted molar refractivity (Wildman–Crippen MR) is 104 cm³/mol. The summed E-state index contributed by atoms with van der Waals surface area (Å²) in [5.41, 5.74) is 3.48. The average Bonchev–Trinajstić information content (AvgIpc) is 2.68. The molecule has 0 atom stereocenters. The molecule has 1 N–H and O–H groups in total. The molecular weight excluding hydrogens is 328 g/mol. The Hall–Kier alpha value is -3.08. The lowest BCUT2D eigenvalue weighted by Gasteiger charge is -2.07. The SMILES string of the molecule is CCCCOc1ccc(OCC(=O)N/N=C\C=C\c2ccccc2)cc1. The van der Waals surface area contributed by atoms with Crippen LogP contribution in [-0.2, 0) is 4.79 Å². The second kappa shape index (κ2) is 11.5. The highest BCUT2D eigenvalue weighted by molar-refractivity contribution is 5.81. The molecule has 0 unspecified atom stereocenters. The second-order valence-corrected chi connectivity index (χ2v) is 5.55. The van der Waals surface area contributed by atoms with E-state index in [2.05, 4.69) is 17.5 Å². The zero-order chi connectivity index (χ0) is 18.5. The molecule has 0 saturated carbocycles. The van der Waals surface area contributed by atoms with Gasteiger partial charge in [-0.3, -0.25) is 4.79 Å². The van der Waals surface area contributed by atoms with E-state index in [1.165, 1.54) is 6.21 Å². The van der Waals surface area contributed by atoms with Crippen LogP contribution in [0.5, 0.6) is 11.5 Å². The van der Waals surface area contributed by atoms with Crippen molar-refractivity contribution >= 4 is 18.2 Å². The van der Waals surface area contributed by atoms with Gasteiger partial charge in [-0.05, 0) is 42.3 Å². The topological polar surface area (TPSA) is 59.9 Å². The van der Waals surface area contributed by atoms with E-state index < -0.39 is 0 Å². The molecular formula is C21H24N2O3. The Balaban J connectivity index is 1.66. The van der Waals surface area contributed by atoms with Crippen molar-refractivity contribution in [2.45, 2.75) is 19.8 Å². The van der Waals surface area contributed by atoms with Crippen LogP contribution in [0.4, 0.5) is 0 Å². The Kier molecular flexibility index (Phi) is 8.49. The first-order chi connectivity index (χ1) is 12.8. The normalized spacial score (nSPS) is 11.0. The lowest BCUT2D eigenvalue weighted by molar-refractivity contribution is -0.123. The number of nitrogens with one attached hydrogen (secondary N) is 1. The molecule has 0 spiro atoms. The minimum Gasteiger partial charge on any atom is -0.494 e. The van der Waals surface area contributed by atoms with Gasteiger partial charge in [-0.2, -0.15) is 5.10 Å². The lowest BCUT2D eigenvalue weighted by atomic mass is 10.2. The smallest absolute Gasteiger partial charge is 0.277 e. The minimum absolute atomic E-state index is 0.101. The van der Waals surface area contributed by atoms with Gasteiger partial charge in [0, 0.05) is 6.21 Å². The van der Waals surface area contributed by atoms with Crippen molar-refractivity contribution in [3.8, 4) is 11.5 Å². The molecule has 0 aliphatic rings. The van der Waals surface area contributed by atoms with Crippen LogP contribution in [-0.4, -0.2) is 25.3 Å². The molecule has 0 heterocycles. The molecule has 2 rings (SSSR count). The highest BCUT2D eigenvalue weighted by atomic mass is 16.5. The molecule has 0 saturated heterocycles. The van der Waals surface area contributed by atoms with Gasteiger partial charge in [0.05, 0.1) is 6.61 Å². The largest absolute Gasteiger partial charge is 0.494 e. The molecule has 2 aromatic rings.